The van der Waals surface area contributed by atoms with Crippen LogP contribution in [-0.4, -0.2) is 19.9 Å². The molecular weight excluding hydrogens is 324 g/mol. The summed E-state index contributed by atoms with van der Waals surface area (Å²) in [7, 11) is -3.97. The molecule has 0 saturated heterocycles. The monoisotopic (exact) mass is 336 g/mol. The Balaban J connectivity index is 2.55. The van der Waals surface area contributed by atoms with E-state index in [4.69, 9.17) is 22.6 Å². The van der Waals surface area contributed by atoms with Crippen LogP contribution in [-0.2, 0) is 10.0 Å². The summed E-state index contributed by atoms with van der Waals surface area (Å²) in [6.07, 6.45) is 1.32. The maximum Gasteiger partial charge on any atom is 0.268 e. The second-order valence-electron chi connectivity index (χ2n) is 4.36. The lowest BCUT2D eigenvalue weighted by Crippen LogP contribution is -2.32. The van der Waals surface area contributed by atoms with Crippen molar-refractivity contribution in [2.45, 2.75) is 11.3 Å². The molecule has 0 aliphatic carbocycles. The molecular formula is C14H13ClN4O2S. The van der Waals surface area contributed by atoms with Gasteiger partial charge in [0.2, 0.25) is 0 Å². The van der Waals surface area contributed by atoms with Gasteiger partial charge in [-0.2, -0.15) is 5.26 Å². The maximum atomic E-state index is 12.8. The fourth-order valence-electron chi connectivity index (χ4n) is 1.89. The fourth-order valence-corrected chi connectivity index (χ4v) is 3.67. The number of rotatable bonds is 5. The largest absolute Gasteiger partial charge is 0.383 e. The van der Waals surface area contributed by atoms with Crippen molar-refractivity contribution in [1.82, 2.24) is 4.98 Å². The van der Waals surface area contributed by atoms with Crippen molar-refractivity contribution >= 4 is 33.1 Å². The standard InChI is InChI=1S/C14H13ClN4O2S/c15-11-9-13(14(17)18-10-11)22(20,21)19(8-4-7-16)12-5-2-1-3-6-12/h1-3,5-6,9-10H,4,8H2,(H2,17,18). The van der Waals surface area contributed by atoms with Gasteiger partial charge in [-0.1, -0.05) is 29.8 Å². The summed E-state index contributed by atoms with van der Waals surface area (Å²) < 4.78 is 26.8. The van der Waals surface area contributed by atoms with E-state index in [9.17, 15) is 8.42 Å². The van der Waals surface area contributed by atoms with E-state index in [0.717, 1.165) is 4.31 Å². The lowest BCUT2D eigenvalue weighted by atomic mass is 10.3. The number of hydrogen-bond acceptors (Lipinski definition) is 5. The third kappa shape index (κ3) is 3.30. The Bertz CT molecular complexity index is 803. The summed E-state index contributed by atoms with van der Waals surface area (Å²) in [6, 6.07) is 11.7. The van der Waals surface area contributed by atoms with Gasteiger partial charge >= 0.3 is 0 Å². The molecule has 1 aromatic heterocycles. The van der Waals surface area contributed by atoms with Crippen LogP contribution in [0.4, 0.5) is 11.5 Å². The summed E-state index contributed by atoms with van der Waals surface area (Å²) in [5.41, 5.74) is 6.12. The van der Waals surface area contributed by atoms with Crippen LogP contribution in [0, 0.1) is 11.3 Å². The normalized spacial score (nSPS) is 10.9. The van der Waals surface area contributed by atoms with E-state index in [1.807, 2.05) is 6.07 Å². The first-order valence-corrected chi connectivity index (χ1v) is 8.14. The number of nitrogens with two attached hydrogens (primary N) is 1. The molecule has 0 aliphatic rings. The number of sulfonamides is 1. The number of nitrogens with zero attached hydrogens (tertiary/aromatic N) is 3. The van der Waals surface area contributed by atoms with Crippen molar-refractivity contribution in [3.63, 3.8) is 0 Å². The average Bonchev–Trinajstić information content (AvgIpc) is 2.51. The summed E-state index contributed by atoms with van der Waals surface area (Å²) in [6.45, 7) is 0.00873. The number of pyridine rings is 1. The molecule has 2 aromatic rings. The van der Waals surface area contributed by atoms with Crippen LogP contribution in [0.25, 0.3) is 0 Å². The second-order valence-corrected chi connectivity index (χ2v) is 6.62. The molecule has 22 heavy (non-hydrogen) atoms. The van der Waals surface area contributed by atoms with E-state index >= 15 is 0 Å². The van der Waals surface area contributed by atoms with Gasteiger partial charge in [0.1, 0.15) is 10.7 Å². The Kier molecular flexibility index (Phi) is 4.85. The van der Waals surface area contributed by atoms with E-state index < -0.39 is 10.0 Å². The minimum Gasteiger partial charge on any atom is -0.383 e. The number of benzene rings is 1. The number of para-hydroxylation sites is 1. The Morgan fingerprint density at radius 3 is 2.64 bits per heavy atom. The molecule has 8 heteroatoms. The minimum absolute atomic E-state index is 0.00873. The van der Waals surface area contributed by atoms with Crippen LogP contribution in [0.1, 0.15) is 6.42 Å². The highest BCUT2D eigenvalue weighted by atomic mass is 35.5. The zero-order valence-corrected chi connectivity index (χ0v) is 13.0. The smallest absolute Gasteiger partial charge is 0.268 e. The second kappa shape index (κ2) is 6.64. The molecule has 114 valence electrons. The van der Waals surface area contributed by atoms with E-state index in [1.54, 1.807) is 30.3 Å². The highest BCUT2D eigenvalue weighted by Gasteiger charge is 2.27. The van der Waals surface area contributed by atoms with Crippen LogP contribution < -0.4 is 10.0 Å². The third-order valence-corrected chi connectivity index (χ3v) is 4.95. The molecule has 2 rings (SSSR count). The van der Waals surface area contributed by atoms with Crippen LogP contribution in [0.3, 0.4) is 0 Å². The Hall–Kier alpha value is -2.30. The lowest BCUT2D eigenvalue weighted by molar-refractivity contribution is 0.591. The number of anilines is 2. The molecule has 0 spiro atoms. The fraction of sp³-hybridized carbons (Fsp3) is 0.143. The molecule has 1 heterocycles. The van der Waals surface area contributed by atoms with E-state index in [0.29, 0.717) is 5.69 Å². The van der Waals surface area contributed by atoms with Gasteiger partial charge in [0, 0.05) is 12.7 Å². The van der Waals surface area contributed by atoms with E-state index in [1.165, 1.54) is 12.3 Å². The average molecular weight is 337 g/mol. The molecule has 1 aromatic carbocycles. The number of hydrogen-bond donors (Lipinski definition) is 1. The molecule has 0 atom stereocenters. The molecule has 0 unspecified atom stereocenters. The van der Waals surface area contributed by atoms with E-state index in [2.05, 4.69) is 4.98 Å². The van der Waals surface area contributed by atoms with Gasteiger partial charge in [-0.05, 0) is 18.2 Å². The Morgan fingerprint density at radius 2 is 2.00 bits per heavy atom. The van der Waals surface area contributed by atoms with E-state index in [-0.39, 0.29) is 28.7 Å². The van der Waals surface area contributed by atoms with Crippen LogP contribution in [0.5, 0.6) is 0 Å². The van der Waals surface area contributed by atoms with Gasteiger partial charge in [0.25, 0.3) is 10.0 Å². The highest BCUT2D eigenvalue weighted by Crippen LogP contribution is 2.28. The first kappa shape index (κ1) is 16.1. The lowest BCUT2D eigenvalue weighted by Gasteiger charge is -2.24. The minimum atomic E-state index is -3.97. The van der Waals surface area contributed by atoms with Crippen molar-refractivity contribution in [1.29, 1.82) is 5.26 Å². The topological polar surface area (TPSA) is 100 Å². The Morgan fingerprint density at radius 1 is 1.32 bits per heavy atom. The zero-order chi connectivity index (χ0) is 16.2. The number of halogens is 1. The number of nitriles is 1. The van der Waals surface area contributed by atoms with Crippen LogP contribution >= 0.6 is 11.6 Å². The SMILES string of the molecule is N#CCCN(c1ccccc1)S(=O)(=O)c1cc(Cl)cnc1N. The van der Waals surface area contributed by atoms with Crippen molar-refractivity contribution in [2.24, 2.45) is 0 Å². The molecule has 0 bridgehead atoms. The van der Waals surface area contributed by atoms with Crippen molar-refractivity contribution in [2.75, 3.05) is 16.6 Å². The van der Waals surface area contributed by atoms with Crippen molar-refractivity contribution < 1.29 is 8.42 Å². The van der Waals surface area contributed by atoms with Gasteiger partial charge in [-0.3, -0.25) is 4.31 Å². The van der Waals surface area contributed by atoms with Gasteiger partial charge in [0.15, 0.2) is 0 Å². The first-order chi connectivity index (χ1) is 10.5. The van der Waals surface area contributed by atoms with Gasteiger partial charge in [0.05, 0.1) is 23.2 Å². The predicted octanol–water partition coefficient (Wildman–Crippen LogP) is 2.43. The van der Waals surface area contributed by atoms with Crippen LogP contribution in [0.2, 0.25) is 5.02 Å². The molecule has 0 saturated carbocycles. The zero-order valence-electron chi connectivity index (χ0n) is 11.5. The van der Waals surface area contributed by atoms with Gasteiger partial charge in [-0.15, -0.1) is 0 Å². The quantitative estimate of drug-likeness (QED) is 0.903. The van der Waals surface area contributed by atoms with Crippen molar-refractivity contribution in [3.05, 3.63) is 47.6 Å². The Labute approximate surface area is 133 Å². The summed E-state index contributed by atoms with van der Waals surface area (Å²) >= 11 is 5.82. The molecule has 0 amide bonds. The molecule has 0 radical (unpaired) electrons. The number of aromatic nitrogens is 1. The van der Waals surface area contributed by atoms with Crippen molar-refractivity contribution in [3.8, 4) is 6.07 Å². The summed E-state index contributed by atoms with van der Waals surface area (Å²) in [5.74, 6) is -0.137. The van der Waals surface area contributed by atoms with Crippen LogP contribution in [0.15, 0.2) is 47.5 Å². The highest BCUT2D eigenvalue weighted by molar-refractivity contribution is 7.93. The first-order valence-electron chi connectivity index (χ1n) is 6.32. The van der Waals surface area contributed by atoms with Gasteiger partial charge < -0.3 is 5.73 Å². The van der Waals surface area contributed by atoms with Gasteiger partial charge in [-0.25, -0.2) is 13.4 Å². The molecule has 0 aliphatic heterocycles. The molecule has 0 fully saturated rings. The molecule has 2 N–H and O–H groups in total. The molecule has 6 nitrogen and oxygen atoms in total. The third-order valence-electron chi connectivity index (χ3n) is 2.89. The summed E-state index contributed by atoms with van der Waals surface area (Å²) in [4.78, 5) is 3.60. The predicted molar refractivity (Wildman–Crippen MR) is 84.9 cm³/mol. The number of nitrogen functional groups attached to an aromatic ring is 1. The summed E-state index contributed by atoms with van der Waals surface area (Å²) in [5, 5.41) is 8.94. The maximum absolute atomic E-state index is 12.8.